The zero-order valence-corrected chi connectivity index (χ0v) is 18.9. The lowest BCUT2D eigenvalue weighted by molar-refractivity contribution is -0.119. The van der Waals surface area contributed by atoms with Gasteiger partial charge in [0.25, 0.3) is 5.91 Å². The van der Waals surface area contributed by atoms with Crippen LogP contribution in [0.15, 0.2) is 77.7 Å². The molecule has 0 aromatic heterocycles. The number of hydrogen-bond donors (Lipinski definition) is 2. The van der Waals surface area contributed by atoms with Crippen LogP contribution >= 0.6 is 0 Å². The molecule has 3 aromatic carbocycles. The normalized spacial score (nSPS) is 13.4. The van der Waals surface area contributed by atoms with Crippen molar-refractivity contribution in [1.29, 1.82) is 0 Å². The van der Waals surface area contributed by atoms with Crippen molar-refractivity contribution in [2.45, 2.75) is 30.7 Å². The summed E-state index contributed by atoms with van der Waals surface area (Å²) in [4.78, 5) is 24.8. The molecule has 0 bridgehead atoms. The number of carbonyl (C=O) groups is 2. The van der Waals surface area contributed by atoms with Gasteiger partial charge in [-0.1, -0.05) is 48.5 Å². The van der Waals surface area contributed by atoms with E-state index in [1.807, 2.05) is 42.5 Å². The van der Waals surface area contributed by atoms with Gasteiger partial charge in [0.1, 0.15) is 0 Å². The highest BCUT2D eigenvalue weighted by Gasteiger charge is 2.28. The monoisotopic (exact) mass is 464 g/mol. The maximum atomic E-state index is 12.5. The number of carbonyl (C=O) groups excluding carboxylic acids is 2. The average molecular weight is 465 g/mol. The number of nitrogens with one attached hydrogen (secondary N) is 2. The molecule has 0 heterocycles. The molecule has 4 rings (SSSR count). The number of amides is 1. The lowest BCUT2D eigenvalue weighted by Crippen LogP contribution is -2.26. The Balaban J connectivity index is 1.35. The van der Waals surface area contributed by atoms with E-state index >= 15 is 0 Å². The first kappa shape index (κ1) is 22.7. The maximum Gasteiger partial charge on any atom is 0.338 e. The summed E-state index contributed by atoms with van der Waals surface area (Å²) in [5.41, 5.74) is 3.32. The van der Waals surface area contributed by atoms with E-state index in [-0.39, 0.29) is 16.5 Å². The average Bonchev–Trinajstić information content (AvgIpc) is 3.62. The number of anilines is 1. The minimum absolute atomic E-state index is 0.00472. The van der Waals surface area contributed by atoms with Crippen molar-refractivity contribution in [3.8, 4) is 11.1 Å². The van der Waals surface area contributed by atoms with Crippen LogP contribution in [-0.2, 0) is 19.6 Å². The maximum absolute atomic E-state index is 12.5. The summed E-state index contributed by atoms with van der Waals surface area (Å²) in [6, 6.07) is 21.4. The Kier molecular flexibility index (Phi) is 6.57. The van der Waals surface area contributed by atoms with Crippen molar-refractivity contribution in [3.63, 3.8) is 0 Å². The predicted octanol–water partition coefficient (Wildman–Crippen LogP) is 3.90. The van der Waals surface area contributed by atoms with Gasteiger partial charge in [-0.3, -0.25) is 4.79 Å². The van der Waals surface area contributed by atoms with Crippen molar-refractivity contribution in [2.24, 2.45) is 0 Å². The van der Waals surface area contributed by atoms with E-state index in [1.54, 1.807) is 25.1 Å². The lowest BCUT2D eigenvalue weighted by Gasteiger charge is -2.11. The minimum atomic E-state index is -3.70. The van der Waals surface area contributed by atoms with Crippen LogP contribution < -0.4 is 10.0 Å². The van der Waals surface area contributed by atoms with Gasteiger partial charge in [0.05, 0.1) is 10.5 Å². The highest BCUT2D eigenvalue weighted by molar-refractivity contribution is 7.89. The molecule has 170 valence electrons. The molecule has 8 heteroatoms. The summed E-state index contributed by atoms with van der Waals surface area (Å²) >= 11 is 0. The topological polar surface area (TPSA) is 102 Å². The van der Waals surface area contributed by atoms with E-state index in [2.05, 4.69) is 10.0 Å². The standard InChI is InChI=1S/C25H24N2O5S/c1-17-7-14-22(33(30,31)27-21-12-13-21)15-23(17)25(29)32-16-24(28)26-20-10-8-19(9-11-20)18-5-3-2-4-6-18/h2-11,14-15,21,27H,12-13,16H2,1H3,(H,26,28). The van der Waals surface area contributed by atoms with E-state index in [0.717, 1.165) is 24.0 Å². The molecule has 0 saturated heterocycles. The Bertz CT molecular complexity index is 1270. The fourth-order valence-corrected chi connectivity index (χ4v) is 4.59. The molecular formula is C25H24N2O5S. The number of esters is 1. The quantitative estimate of drug-likeness (QED) is 0.493. The summed E-state index contributed by atoms with van der Waals surface area (Å²) < 4.78 is 32.6. The fourth-order valence-electron chi connectivity index (χ4n) is 3.26. The SMILES string of the molecule is Cc1ccc(S(=O)(=O)NC2CC2)cc1C(=O)OCC(=O)Nc1ccc(-c2ccccc2)cc1. The van der Waals surface area contributed by atoms with Crippen LogP contribution in [-0.4, -0.2) is 32.9 Å². The second-order valence-electron chi connectivity index (χ2n) is 7.94. The lowest BCUT2D eigenvalue weighted by atomic mass is 10.1. The van der Waals surface area contributed by atoms with Gasteiger partial charge in [-0.25, -0.2) is 17.9 Å². The van der Waals surface area contributed by atoms with Crippen LogP contribution in [0, 0.1) is 6.92 Å². The third-order valence-electron chi connectivity index (χ3n) is 5.25. The van der Waals surface area contributed by atoms with Gasteiger partial charge < -0.3 is 10.1 Å². The van der Waals surface area contributed by atoms with Gasteiger partial charge >= 0.3 is 5.97 Å². The summed E-state index contributed by atoms with van der Waals surface area (Å²) in [7, 11) is -3.70. The molecule has 1 amide bonds. The molecule has 1 aliphatic carbocycles. The molecule has 33 heavy (non-hydrogen) atoms. The van der Waals surface area contributed by atoms with Crippen molar-refractivity contribution in [3.05, 3.63) is 83.9 Å². The second kappa shape index (κ2) is 9.56. The highest BCUT2D eigenvalue weighted by Crippen LogP contribution is 2.24. The molecule has 2 N–H and O–H groups in total. The van der Waals surface area contributed by atoms with Gasteiger partial charge in [-0.05, 0) is 60.7 Å². The Labute approximate surface area is 192 Å². The van der Waals surface area contributed by atoms with Gasteiger partial charge in [0, 0.05) is 11.7 Å². The van der Waals surface area contributed by atoms with E-state index < -0.39 is 28.5 Å². The number of hydrogen-bond acceptors (Lipinski definition) is 5. The van der Waals surface area contributed by atoms with Crippen molar-refractivity contribution < 1.29 is 22.7 Å². The molecule has 1 fully saturated rings. The first-order chi connectivity index (χ1) is 15.8. The van der Waals surface area contributed by atoms with E-state index in [9.17, 15) is 18.0 Å². The fraction of sp³-hybridized carbons (Fsp3) is 0.200. The first-order valence-electron chi connectivity index (χ1n) is 10.6. The molecule has 0 unspecified atom stereocenters. The molecule has 1 aliphatic rings. The molecule has 0 radical (unpaired) electrons. The number of aryl methyl sites for hydroxylation is 1. The second-order valence-corrected chi connectivity index (χ2v) is 9.65. The summed E-state index contributed by atoms with van der Waals surface area (Å²) in [5.74, 6) is -1.25. The molecule has 3 aromatic rings. The van der Waals surface area contributed by atoms with Crippen LogP contribution in [0.4, 0.5) is 5.69 Å². The third kappa shape index (κ3) is 5.85. The number of rotatable bonds is 8. The van der Waals surface area contributed by atoms with Gasteiger partial charge in [0.2, 0.25) is 10.0 Å². The smallest absolute Gasteiger partial charge is 0.338 e. The van der Waals surface area contributed by atoms with Crippen LogP contribution in [0.2, 0.25) is 0 Å². The summed E-state index contributed by atoms with van der Waals surface area (Å²) in [5, 5.41) is 2.68. The molecule has 0 atom stereocenters. The molecule has 0 spiro atoms. The van der Waals surface area contributed by atoms with Gasteiger partial charge in [-0.2, -0.15) is 0 Å². The van der Waals surface area contributed by atoms with E-state index in [4.69, 9.17) is 4.74 Å². The van der Waals surface area contributed by atoms with Crippen molar-refractivity contribution in [2.75, 3.05) is 11.9 Å². The van der Waals surface area contributed by atoms with E-state index in [0.29, 0.717) is 11.3 Å². The van der Waals surface area contributed by atoms with Crippen LogP contribution in [0.3, 0.4) is 0 Å². The molecule has 1 saturated carbocycles. The summed E-state index contributed by atoms with van der Waals surface area (Å²) in [6.07, 6.45) is 1.62. The largest absolute Gasteiger partial charge is 0.452 e. The zero-order valence-electron chi connectivity index (χ0n) is 18.1. The van der Waals surface area contributed by atoms with Crippen molar-refractivity contribution in [1.82, 2.24) is 4.72 Å². The molecule has 0 aliphatic heterocycles. The molecular weight excluding hydrogens is 440 g/mol. The van der Waals surface area contributed by atoms with Crippen molar-refractivity contribution >= 4 is 27.6 Å². The Morgan fingerprint density at radius 3 is 2.27 bits per heavy atom. The first-order valence-corrected chi connectivity index (χ1v) is 12.1. The Morgan fingerprint density at radius 2 is 1.61 bits per heavy atom. The number of ether oxygens (including phenoxy) is 1. The number of benzene rings is 3. The predicted molar refractivity (Wildman–Crippen MR) is 125 cm³/mol. The third-order valence-corrected chi connectivity index (χ3v) is 6.77. The van der Waals surface area contributed by atoms with E-state index in [1.165, 1.54) is 12.1 Å². The Hall–Kier alpha value is -3.49. The Morgan fingerprint density at radius 1 is 0.939 bits per heavy atom. The van der Waals surface area contributed by atoms with Crippen LogP contribution in [0.1, 0.15) is 28.8 Å². The minimum Gasteiger partial charge on any atom is -0.452 e. The van der Waals surface area contributed by atoms with Gasteiger partial charge in [-0.15, -0.1) is 0 Å². The van der Waals surface area contributed by atoms with Crippen LogP contribution in [0.25, 0.3) is 11.1 Å². The zero-order chi connectivity index (χ0) is 23.4. The van der Waals surface area contributed by atoms with Crippen LogP contribution in [0.5, 0.6) is 0 Å². The molecule has 7 nitrogen and oxygen atoms in total. The number of sulfonamides is 1. The van der Waals surface area contributed by atoms with Gasteiger partial charge in [0.15, 0.2) is 6.61 Å². The highest BCUT2D eigenvalue weighted by atomic mass is 32.2. The summed E-state index contributed by atoms with van der Waals surface area (Å²) in [6.45, 7) is 1.19.